The fourth-order valence-corrected chi connectivity index (χ4v) is 1.25. The zero-order valence-electron chi connectivity index (χ0n) is 8.93. The van der Waals surface area contributed by atoms with Crippen LogP contribution in [-0.2, 0) is 9.59 Å². The maximum absolute atomic E-state index is 11.5. The molecule has 0 saturated carbocycles. The summed E-state index contributed by atoms with van der Waals surface area (Å²) in [6, 6.07) is 6.91. The van der Waals surface area contributed by atoms with E-state index in [1.54, 1.807) is 31.2 Å². The standard InChI is InChI=1S/C11H14N2O3/c1-7(11(16)13-6-10(14)15)8-2-4-9(12)5-3-8/h2-5,7H,6,12H2,1H3,(H,13,16)(H,14,15). The highest BCUT2D eigenvalue weighted by atomic mass is 16.4. The van der Waals surface area contributed by atoms with E-state index in [-0.39, 0.29) is 18.4 Å². The fourth-order valence-electron chi connectivity index (χ4n) is 1.25. The van der Waals surface area contributed by atoms with Gasteiger partial charge < -0.3 is 16.2 Å². The van der Waals surface area contributed by atoms with Gasteiger partial charge >= 0.3 is 5.97 Å². The number of nitrogens with two attached hydrogens (primary N) is 1. The van der Waals surface area contributed by atoms with Crippen molar-refractivity contribution >= 4 is 17.6 Å². The average Bonchev–Trinajstić information content (AvgIpc) is 2.26. The Hall–Kier alpha value is -2.04. The third kappa shape index (κ3) is 3.27. The molecule has 0 aliphatic rings. The van der Waals surface area contributed by atoms with Crippen LogP contribution in [0.15, 0.2) is 24.3 Å². The maximum atomic E-state index is 11.5. The Morgan fingerprint density at radius 2 is 1.94 bits per heavy atom. The minimum atomic E-state index is -1.06. The first-order valence-corrected chi connectivity index (χ1v) is 4.85. The van der Waals surface area contributed by atoms with Gasteiger partial charge in [0.2, 0.25) is 5.91 Å². The van der Waals surface area contributed by atoms with E-state index in [0.29, 0.717) is 5.69 Å². The SMILES string of the molecule is CC(C(=O)NCC(=O)O)c1ccc(N)cc1. The number of carbonyl (C=O) groups excluding carboxylic acids is 1. The minimum absolute atomic E-state index is 0.313. The van der Waals surface area contributed by atoms with E-state index in [4.69, 9.17) is 10.8 Å². The molecular weight excluding hydrogens is 208 g/mol. The molecule has 1 unspecified atom stereocenters. The highest BCUT2D eigenvalue weighted by Gasteiger charge is 2.15. The smallest absolute Gasteiger partial charge is 0.322 e. The molecule has 0 aliphatic heterocycles. The van der Waals surface area contributed by atoms with Gasteiger partial charge in [-0.25, -0.2) is 0 Å². The third-order valence-corrected chi connectivity index (χ3v) is 2.24. The molecule has 1 aromatic carbocycles. The van der Waals surface area contributed by atoms with Crippen LogP contribution in [0.5, 0.6) is 0 Å². The van der Waals surface area contributed by atoms with Crippen LogP contribution < -0.4 is 11.1 Å². The lowest BCUT2D eigenvalue weighted by Gasteiger charge is -2.11. The molecular formula is C11H14N2O3. The van der Waals surface area contributed by atoms with Crippen LogP contribution >= 0.6 is 0 Å². The first kappa shape index (κ1) is 12.0. The van der Waals surface area contributed by atoms with Crippen LogP contribution in [0.4, 0.5) is 5.69 Å². The first-order valence-electron chi connectivity index (χ1n) is 4.85. The molecule has 0 fully saturated rings. The predicted molar refractivity (Wildman–Crippen MR) is 59.9 cm³/mol. The second-order valence-corrected chi connectivity index (χ2v) is 3.50. The third-order valence-electron chi connectivity index (χ3n) is 2.24. The van der Waals surface area contributed by atoms with Crippen LogP contribution in [0.3, 0.4) is 0 Å². The number of carboxylic acids is 1. The summed E-state index contributed by atoms with van der Waals surface area (Å²) in [4.78, 5) is 21.8. The summed E-state index contributed by atoms with van der Waals surface area (Å²) in [6.45, 7) is 1.35. The summed E-state index contributed by atoms with van der Waals surface area (Å²) >= 11 is 0. The molecule has 1 atom stereocenters. The van der Waals surface area contributed by atoms with Crippen molar-refractivity contribution in [2.45, 2.75) is 12.8 Å². The normalized spacial score (nSPS) is 11.8. The highest BCUT2D eigenvalue weighted by Crippen LogP contribution is 2.16. The van der Waals surface area contributed by atoms with Gasteiger partial charge in [-0.15, -0.1) is 0 Å². The van der Waals surface area contributed by atoms with E-state index in [9.17, 15) is 9.59 Å². The molecule has 1 amide bonds. The minimum Gasteiger partial charge on any atom is -0.480 e. The van der Waals surface area contributed by atoms with Crippen LogP contribution in [0.25, 0.3) is 0 Å². The van der Waals surface area contributed by atoms with E-state index in [1.807, 2.05) is 0 Å². The Balaban J connectivity index is 2.63. The number of hydrogen-bond acceptors (Lipinski definition) is 3. The van der Waals surface area contributed by atoms with Crippen molar-refractivity contribution in [3.8, 4) is 0 Å². The molecule has 1 rings (SSSR count). The van der Waals surface area contributed by atoms with Gasteiger partial charge in [-0.1, -0.05) is 12.1 Å². The largest absolute Gasteiger partial charge is 0.480 e. The van der Waals surface area contributed by atoms with Crippen molar-refractivity contribution in [1.82, 2.24) is 5.32 Å². The molecule has 0 radical (unpaired) electrons. The van der Waals surface area contributed by atoms with Crippen molar-refractivity contribution in [2.75, 3.05) is 12.3 Å². The maximum Gasteiger partial charge on any atom is 0.322 e. The number of rotatable bonds is 4. The second kappa shape index (κ2) is 5.16. The van der Waals surface area contributed by atoms with Gasteiger partial charge in [0.15, 0.2) is 0 Å². The number of nitrogens with one attached hydrogen (secondary N) is 1. The molecule has 86 valence electrons. The van der Waals surface area contributed by atoms with Crippen molar-refractivity contribution in [1.29, 1.82) is 0 Å². The molecule has 5 nitrogen and oxygen atoms in total. The van der Waals surface area contributed by atoms with Crippen molar-refractivity contribution in [3.05, 3.63) is 29.8 Å². The fraction of sp³-hybridized carbons (Fsp3) is 0.273. The Bertz CT molecular complexity index is 387. The number of carbonyl (C=O) groups is 2. The molecule has 1 aromatic rings. The molecule has 0 aromatic heterocycles. The van der Waals surface area contributed by atoms with E-state index in [1.165, 1.54) is 0 Å². The zero-order valence-corrected chi connectivity index (χ0v) is 8.93. The molecule has 0 aliphatic carbocycles. The van der Waals surface area contributed by atoms with Gasteiger partial charge in [-0.2, -0.15) is 0 Å². The lowest BCUT2D eigenvalue weighted by Crippen LogP contribution is -2.32. The summed E-state index contributed by atoms with van der Waals surface area (Å²) in [5.74, 6) is -1.76. The summed E-state index contributed by atoms with van der Waals surface area (Å²) in [6.07, 6.45) is 0. The lowest BCUT2D eigenvalue weighted by molar-refractivity contribution is -0.138. The molecule has 0 bridgehead atoms. The van der Waals surface area contributed by atoms with Crippen molar-refractivity contribution in [2.24, 2.45) is 0 Å². The average molecular weight is 222 g/mol. The number of benzene rings is 1. The monoisotopic (exact) mass is 222 g/mol. The molecule has 0 heterocycles. The Morgan fingerprint density at radius 1 is 1.38 bits per heavy atom. The lowest BCUT2D eigenvalue weighted by atomic mass is 10.0. The van der Waals surface area contributed by atoms with Gasteiger partial charge in [0.25, 0.3) is 0 Å². The van der Waals surface area contributed by atoms with Crippen molar-refractivity contribution < 1.29 is 14.7 Å². The van der Waals surface area contributed by atoms with Crippen LogP contribution in [0, 0.1) is 0 Å². The van der Waals surface area contributed by atoms with E-state index < -0.39 is 5.97 Å². The van der Waals surface area contributed by atoms with Crippen LogP contribution in [0.2, 0.25) is 0 Å². The van der Waals surface area contributed by atoms with Gasteiger partial charge in [-0.05, 0) is 24.6 Å². The quantitative estimate of drug-likeness (QED) is 0.649. The van der Waals surface area contributed by atoms with E-state index in [0.717, 1.165) is 5.56 Å². The number of amides is 1. The zero-order chi connectivity index (χ0) is 12.1. The number of aliphatic carboxylic acids is 1. The molecule has 16 heavy (non-hydrogen) atoms. The number of nitrogen functional groups attached to an aromatic ring is 1. The topological polar surface area (TPSA) is 92.4 Å². The van der Waals surface area contributed by atoms with Crippen LogP contribution in [0.1, 0.15) is 18.4 Å². The summed E-state index contributed by atoms with van der Waals surface area (Å²) in [7, 11) is 0. The second-order valence-electron chi connectivity index (χ2n) is 3.50. The molecule has 0 spiro atoms. The Kier molecular flexibility index (Phi) is 3.88. The first-order chi connectivity index (χ1) is 7.50. The highest BCUT2D eigenvalue weighted by molar-refractivity contribution is 5.86. The van der Waals surface area contributed by atoms with Crippen molar-refractivity contribution in [3.63, 3.8) is 0 Å². The predicted octanol–water partition coefficient (Wildman–Crippen LogP) is 0.573. The Labute approximate surface area is 93.3 Å². The van der Waals surface area contributed by atoms with Gasteiger partial charge in [-0.3, -0.25) is 9.59 Å². The number of carboxylic acid groups (broad SMARTS) is 1. The van der Waals surface area contributed by atoms with Gasteiger partial charge in [0.1, 0.15) is 6.54 Å². The number of anilines is 1. The summed E-state index contributed by atoms with van der Waals surface area (Å²) in [5.41, 5.74) is 6.95. The van der Waals surface area contributed by atoms with Gasteiger partial charge in [0.05, 0.1) is 5.92 Å². The van der Waals surface area contributed by atoms with Crippen LogP contribution in [-0.4, -0.2) is 23.5 Å². The Morgan fingerprint density at radius 3 is 2.44 bits per heavy atom. The molecule has 4 N–H and O–H groups in total. The van der Waals surface area contributed by atoms with E-state index >= 15 is 0 Å². The molecule has 0 saturated heterocycles. The summed E-state index contributed by atoms with van der Waals surface area (Å²) < 4.78 is 0. The molecule has 5 heteroatoms. The van der Waals surface area contributed by atoms with E-state index in [2.05, 4.69) is 5.32 Å². The van der Waals surface area contributed by atoms with Gasteiger partial charge in [0, 0.05) is 5.69 Å². The summed E-state index contributed by atoms with van der Waals surface area (Å²) in [5, 5.41) is 10.7. The number of hydrogen-bond donors (Lipinski definition) is 3.